The van der Waals surface area contributed by atoms with E-state index in [0.717, 1.165) is 15.7 Å². The van der Waals surface area contributed by atoms with Gasteiger partial charge in [0.25, 0.3) is 0 Å². The Bertz CT molecular complexity index is 304. The van der Waals surface area contributed by atoms with Crippen LogP contribution in [0.3, 0.4) is 0 Å². The predicted molar refractivity (Wildman–Crippen MR) is 56.7 cm³/mol. The summed E-state index contributed by atoms with van der Waals surface area (Å²) in [5.41, 5.74) is 1.38. The molecule has 72 valence electrons. The van der Waals surface area contributed by atoms with Crippen LogP contribution in [-0.2, 0) is 6.42 Å². The summed E-state index contributed by atoms with van der Waals surface area (Å²) in [6.07, 6.45) is 2.36. The van der Waals surface area contributed by atoms with Crippen molar-refractivity contribution in [2.24, 2.45) is 0 Å². The van der Waals surface area contributed by atoms with Crippen molar-refractivity contribution in [3.05, 3.63) is 28.0 Å². The van der Waals surface area contributed by atoms with E-state index in [-0.39, 0.29) is 0 Å². The minimum Gasteiger partial charge on any atom is -0.390 e. The first-order chi connectivity index (χ1) is 5.88. The Labute approximate surface area is 87.1 Å². The van der Waals surface area contributed by atoms with Gasteiger partial charge in [-0.05, 0) is 48.3 Å². The van der Waals surface area contributed by atoms with Gasteiger partial charge in [0.05, 0.1) is 5.60 Å². The molecule has 2 nitrogen and oxygen atoms in total. The quantitative estimate of drug-likeness (QED) is 0.866. The van der Waals surface area contributed by atoms with Crippen LogP contribution in [0.4, 0.5) is 0 Å². The van der Waals surface area contributed by atoms with Gasteiger partial charge >= 0.3 is 0 Å². The first-order valence-corrected chi connectivity index (χ1v) is 5.01. The fraction of sp³-hybridized carbons (Fsp3) is 0.500. The molecule has 0 radical (unpaired) electrons. The lowest BCUT2D eigenvalue weighted by molar-refractivity contribution is 0.0799. The van der Waals surface area contributed by atoms with Crippen molar-refractivity contribution < 1.29 is 5.11 Å². The lowest BCUT2D eigenvalue weighted by atomic mass is 10.0. The lowest BCUT2D eigenvalue weighted by Crippen LogP contribution is -2.22. The minimum absolute atomic E-state index is 0.584. The zero-order valence-electron chi connectivity index (χ0n) is 8.13. The molecule has 0 saturated heterocycles. The number of aromatic nitrogens is 1. The monoisotopic (exact) mass is 243 g/mol. The molecule has 1 aromatic rings. The highest BCUT2D eigenvalue weighted by molar-refractivity contribution is 9.10. The normalized spacial score (nSPS) is 11.8. The number of aliphatic hydroxyl groups is 1. The summed E-state index contributed by atoms with van der Waals surface area (Å²) in [4.78, 5) is 4.22. The minimum atomic E-state index is -0.687. The standard InChI is InChI=1S/C10H14BrNO/c1-7-4-8(5-10(2,3)13)12-6-9(7)11/h4,6,13H,5H2,1-3H3. The van der Waals surface area contributed by atoms with E-state index in [1.807, 2.05) is 13.0 Å². The molecule has 0 aliphatic carbocycles. The van der Waals surface area contributed by atoms with Crippen molar-refractivity contribution in [1.29, 1.82) is 0 Å². The second-order valence-electron chi connectivity index (χ2n) is 3.91. The molecular formula is C10H14BrNO. The maximum absolute atomic E-state index is 9.58. The van der Waals surface area contributed by atoms with Crippen molar-refractivity contribution in [2.75, 3.05) is 0 Å². The molecule has 0 spiro atoms. The van der Waals surface area contributed by atoms with Crippen LogP contribution in [0, 0.1) is 6.92 Å². The first-order valence-electron chi connectivity index (χ1n) is 4.22. The Hall–Kier alpha value is -0.410. The van der Waals surface area contributed by atoms with Crippen molar-refractivity contribution in [3.63, 3.8) is 0 Å². The number of rotatable bonds is 2. The summed E-state index contributed by atoms with van der Waals surface area (Å²) in [5, 5.41) is 9.58. The van der Waals surface area contributed by atoms with E-state index < -0.39 is 5.60 Å². The second kappa shape index (κ2) is 3.76. The van der Waals surface area contributed by atoms with Crippen LogP contribution in [0.15, 0.2) is 16.7 Å². The van der Waals surface area contributed by atoms with E-state index in [0.29, 0.717) is 6.42 Å². The Balaban J connectivity index is 2.86. The van der Waals surface area contributed by atoms with Crippen molar-refractivity contribution >= 4 is 15.9 Å². The summed E-state index contributed by atoms with van der Waals surface area (Å²) in [7, 11) is 0. The maximum atomic E-state index is 9.58. The predicted octanol–water partition coefficient (Wildman–Crippen LogP) is 2.47. The molecule has 0 saturated carbocycles. The number of aryl methyl sites for hydroxylation is 1. The van der Waals surface area contributed by atoms with E-state index in [4.69, 9.17) is 0 Å². The van der Waals surface area contributed by atoms with Gasteiger partial charge in [-0.25, -0.2) is 0 Å². The summed E-state index contributed by atoms with van der Waals surface area (Å²) in [5.74, 6) is 0. The molecule has 0 unspecified atom stereocenters. The lowest BCUT2D eigenvalue weighted by Gasteiger charge is -2.16. The molecule has 13 heavy (non-hydrogen) atoms. The largest absolute Gasteiger partial charge is 0.390 e. The Morgan fingerprint density at radius 1 is 1.54 bits per heavy atom. The van der Waals surface area contributed by atoms with E-state index >= 15 is 0 Å². The molecule has 0 aromatic carbocycles. The molecule has 0 bridgehead atoms. The highest BCUT2D eigenvalue weighted by Gasteiger charge is 2.14. The number of nitrogens with zero attached hydrogens (tertiary/aromatic N) is 1. The third-order valence-corrected chi connectivity index (χ3v) is 2.55. The Morgan fingerprint density at radius 3 is 2.62 bits per heavy atom. The summed E-state index contributed by atoms with van der Waals surface area (Å²) >= 11 is 3.38. The fourth-order valence-electron chi connectivity index (χ4n) is 1.14. The molecule has 0 aliphatic rings. The van der Waals surface area contributed by atoms with Gasteiger partial charge in [0.1, 0.15) is 0 Å². The molecule has 0 amide bonds. The molecule has 0 fully saturated rings. The van der Waals surface area contributed by atoms with Crippen molar-refractivity contribution in [1.82, 2.24) is 4.98 Å². The van der Waals surface area contributed by atoms with Gasteiger partial charge in [0.2, 0.25) is 0 Å². The average Bonchev–Trinajstić information content (AvgIpc) is 1.94. The van der Waals surface area contributed by atoms with Gasteiger partial charge in [-0.1, -0.05) is 0 Å². The first kappa shape index (κ1) is 10.7. The van der Waals surface area contributed by atoms with Crippen LogP contribution >= 0.6 is 15.9 Å². The maximum Gasteiger partial charge on any atom is 0.0647 e. The number of hydrogen-bond acceptors (Lipinski definition) is 2. The van der Waals surface area contributed by atoms with Gasteiger partial charge in [0.15, 0.2) is 0 Å². The van der Waals surface area contributed by atoms with Crippen LogP contribution in [0.25, 0.3) is 0 Å². The number of pyridine rings is 1. The summed E-state index contributed by atoms with van der Waals surface area (Å²) in [6.45, 7) is 5.58. The second-order valence-corrected chi connectivity index (χ2v) is 4.77. The van der Waals surface area contributed by atoms with Crippen molar-refractivity contribution in [2.45, 2.75) is 32.8 Å². The third-order valence-electron chi connectivity index (χ3n) is 1.72. The van der Waals surface area contributed by atoms with Gasteiger partial charge in [-0.3, -0.25) is 4.98 Å². The Morgan fingerprint density at radius 2 is 2.15 bits per heavy atom. The smallest absolute Gasteiger partial charge is 0.0647 e. The molecule has 0 atom stereocenters. The van der Waals surface area contributed by atoms with Crippen LogP contribution in [0.1, 0.15) is 25.1 Å². The van der Waals surface area contributed by atoms with E-state index in [1.54, 1.807) is 20.0 Å². The SMILES string of the molecule is Cc1cc(CC(C)(C)O)ncc1Br. The van der Waals surface area contributed by atoms with Gasteiger partial charge in [-0.15, -0.1) is 0 Å². The van der Waals surface area contributed by atoms with E-state index in [2.05, 4.69) is 20.9 Å². The van der Waals surface area contributed by atoms with Gasteiger partial charge in [0, 0.05) is 22.8 Å². The molecule has 0 aliphatic heterocycles. The van der Waals surface area contributed by atoms with Gasteiger partial charge < -0.3 is 5.11 Å². The molecule has 1 N–H and O–H groups in total. The highest BCUT2D eigenvalue weighted by atomic mass is 79.9. The van der Waals surface area contributed by atoms with E-state index in [9.17, 15) is 5.11 Å². The summed E-state index contributed by atoms with van der Waals surface area (Å²) in [6, 6.07) is 1.99. The van der Waals surface area contributed by atoms with Crippen LogP contribution in [-0.4, -0.2) is 15.7 Å². The molecular weight excluding hydrogens is 230 g/mol. The number of hydrogen-bond donors (Lipinski definition) is 1. The third kappa shape index (κ3) is 3.44. The Kier molecular flexibility index (Phi) is 3.09. The molecule has 3 heteroatoms. The average molecular weight is 244 g/mol. The fourth-order valence-corrected chi connectivity index (χ4v) is 1.35. The van der Waals surface area contributed by atoms with Crippen LogP contribution < -0.4 is 0 Å². The topological polar surface area (TPSA) is 33.1 Å². The van der Waals surface area contributed by atoms with Crippen LogP contribution in [0.5, 0.6) is 0 Å². The molecule has 1 rings (SSSR count). The highest BCUT2D eigenvalue weighted by Crippen LogP contribution is 2.17. The summed E-state index contributed by atoms with van der Waals surface area (Å²) < 4.78 is 1.01. The zero-order valence-corrected chi connectivity index (χ0v) is 9.72. The molecule has 1 aromatic heterocycles. The zero-order chi connectivity index (χ0) is 10.1. The molecule has 1 heterocycles. The number of halogens is 1. The van der Waals surface area contributed by atoms with Gasteiger partial charge in [-0.2, -0.15) is 0 Å². The van der Waals surface area contributed by atoms with E-state index in [1.165, 1.54) is 0 Å². The van der Waals surface area contributed by atoms with Crippen molar-refractivity contribution in [3.8, 4) is 0 Å². The van der Waals surface area contributed by atoms with Crippen LogP contribution in [0.2, 0.25) is 0 Å².